The third-order valence-electron chi connectivity index (χ3n) is 2.46. The standard InChI is InChI=1S/C14H20BrNO3/c1-9-7-10(5-6-11(9)15)12(8-17)16-13(18)19-14(2,3)4/h5-7,12,17H,8H2,1-4H3,(H,16,18). The number of carbonyl (C=O) groups excluding carboxylic acids is 1. The number of halogens is 1. The van der Waals surface area contributed by atoms with E-state index >= 15 is 0 Å². The first-order valence-corrected chi connectivity index (χ1v) is 6.88. The van der Waals surface area contributed by atoms with Gasteiger partial charge >= 0.3 is 6.09 Å². The largest absolute Gasteiger partial charge is 0.444 e. The number of carbonyl (C=O) groups is 1. The Morgan fingerprint density at radius 2 is 2.11 bits per heavy atom. The molecule has 0 aliphatic carbocycles. The first-order valence-electron chi connectivity index (χ1n) is 6.09. The summed E-state index contributed by atoms with van der Waals surface area (Å²) in [6, 6.07) is 5.20. The number of rotatable bonds is 3. The van der Waals surface area contributed by atoms with Crippen molar-refractivity contribution in [3.8, 4) is 0 Å². The zero-order valence-electron chi connectivity index (χ0n) is 11.7. The highest BCUT2D eigenvalue weighted by Gasteiger charge is 2.20. The maximum atomic E-state index is 11.7. The van der Waals surface area contributed by atoms with Gasteiger partial charge in [-0.25, -0.2) is 4.79 Å². The second-order valence-corrected chi connectivity index (χ2v) is 6.24. The highest BCUT2D eigenvalue weighted by atomic mass is 79.9. The minimum absolute atomic E-state index is 0.180. The van der Waals surface area contributed by atoms with Crippen molar-refractivity contribution in [2.75, 3.05) is 6.61 Å². The summed E-state index contributed by atoms with van der Waals surface area (Å²) in [7, 11) is 0. The topological polar surface area (TPSA) is 58.6 Å². The third kappa shape index (κ3) is 5.20. The number of hydrogen-bond acceptors (Lipinski definition) is 3. The Morgan fingerprint density at radius 3 is 2.58 bits per heavy atom. The predicted molar refractivity (Wildman–Crippen MR) is 78.1 cm³/mol. The molecule has 2 N–H and O–H groups in total. The number of ether oxygens (including phenoxy) is 1. The minimum atomic E-state index is -0.556. The molecule has 0 fully saturated rings. The minimum Gasteiger partial charge on any atom is -0.444 e. The molecule has 1 rings (SSSR count). The van der Waals surface area contributed by atoms with E-state index in [1.165, 1.54) is 0 Å². The molecule has 19 heavy (non-hydrogen) atoms. The molecule has 0 saturated carbocycles. The van der Waals surface area contributed by atoms with Crippen LogP contribution in [0, 0.1) is 6.92 Å². The quantitative estimate of drug-likeness (QED) is 0.894. The average molecular weight is 330 g/mol. The molecule has 1 unspecified atom stereocenters. The molecule has 0 aromatic heterocycles. The van der Waals surface area contributed by atoms with Gasteiger partial charge < -0.3 is 15.2 Å². The summed E-state index contributed by atoms with van der Waals surface area (Å²) in [4.78, 5) is 11.7. The Bertz CT molecular complexity index is 454. The SMILES string of the molecule is Cc1cc(C(CO)NC(=O)OC(C)(C)C)ccc1Br. The van der Waals surface area contributed by atoms with Crippen molar-refractivity contribution in [2.24, 2.45) is 0 Å². The van der Waals surface area contributed by atoms with E-state index in [9.17, 15) is 9.90 Å². The summed E-state index contributed by atoms with van der Waals surface area (Å²) in [6.45, 7) is 7.16. The van der Waals surface area contributed by atoms with Gasteiger partial charge in [-0.1, -0.05) is 28.1 Å². The fraction of sp³-hybridized carbons (Fsp3) is 0.500. The molecule has 0 heterocycles. The van der Waals surface area contributed by atoms with E-state index in [4.69, 9.17) is 4.74 Å². The first kappa shape index (κ1) is 16.0. The van der Waals surface area contributed by atoms with E-state index in [0.29, 0.717) is 0 Å². The second kappa shape index (κ2) is 6.39. The fourth-order valence-corrected chi connectivity index (χ4v) is 1.82. The van der Waals surface area contributed by atoms with Gasteiger partial charge in [0, 0.05) is 4.47 Å². The number of alkyl carbamates (subject to hydrolysis) is 1. The van der Waals surface area contributed by atoms with Crippen LogP contribution < -0.4 is 5.32 Å². The zero-order chi connectivity index (χ0) is 14.6. The van der Waals surface area contributed by atoms with Crippen LogP contribution in [0.3, 0.4) is 0 Å². The molecule has 1 aromatic carbocycles. The number of aliphatic hydroxyl groups excluding tert-OH is 1. The Balaban J connectivity index is 2.78. The van der Waals surface area contributed by atoms with Crippen LogP contribution in [0.1, 0.15) is 37.9 Å². The highest BCUT2D eigenvalue weighted by molar-refractivity contribution is 9.10. The summed E-state index contributed by atoms with van der Waals surface area (Å²) in [5.74, 6) is 0. The summed E-state index contributed by atoms with van der Waals surface area (Å²) in [5, 5.41) is 12.1. The number of hydrogen-bond donors (Lipinski definition) is 2. The van der Waals surface area contributed by atoms with Gasteiger partial charge in [0.05, 0.1) is 12.6 Å². The van der Waals surface area contributed by atoms with Gasteiger partial charge in [0.15, 0.2) is 0 Å². The van der Waals surface area contributed by atoms with Gasteiger partial charge in [-0.2, -0.15) is 0 Å². The van der Waals surface area contributed by atoms with Crippen LogP contribution in [-0.2, 0) is 4.74 Å². The number of amides is 1. The van der Waals surface area contributed by atoms with Gasteiger partial charge in [0.2, 0.25) is 0 Å². The first-order chi connectivity index (χ1) is 8.73. The van der Waals surface area contributed by atoms with Gasteiger partial charge in [-0.15, -0.1) is 0 Å². The molecule has 106 valence electrons. The molecule has 1 amide bonds. The second-order valence-electron chi connectivity index (χ2n) is 5.39. The Kier molecular flexibility index (Phi) is 5.38. The number of aryl methyl sites for hydroxylation is 1. The molecule has 1 atom stereocenters. The van der Waals surface area contributed by atoms with Gasteiger partial charge in [-0.3, -0.25) is 0 Å². The van der Waals surface area contributed by atoms with E-state index in [2.05, 4.69) is 21.2 Å². The van der Waals surface area contributed by atoms with Crippen molar-refractivity contribution in [1.29, 1.82) is 0 Å². The lowest BCUT2D eigenvalue weighted by Crippen LogP contribution is -2.36. The highest BCUT2D eigenvalue weighted by Crippen LogP contribution is 2.21. The maximum Gasteiger partial charge on any atom is 0.408 e. The van der Waals surface area contributed by atoms with Gasteiger partial charge in [0.25, 0.3) is 0 Å². The summed E-state index contributed by atoms with van der Waals surface area (Å²) < 4.78 is 6.17. The molecule has 1 aromatic rings. The molecular formula is C14H20BrNO3. The molecule has 4 nitrogen and oxygen atoms in total. The Labute approximate surface area is 122 Å². The van der Waals surface area contributed by atoms with Gasteiger partial charge in [-0.05, 0) is 44.9 Å². The lowest BCUT2D eigenvalue weighted by molar-refractivity contribution is 0.0482. The van der Waals surface area contributed by atoms with Crippen LogP contribution >= 0.6 is 15.9 Å². The fourth-order valence-electron chi connectivity index (χ4n) is 1.57. The summed E-state index contributed by atoms with van der Waals surface area (Å²) in [5.41, 5.74) is 1.33. The van der Waals surface area contributed by atoms with Crippen molar-refractivity contribution in [1.82, 2.24) is 5.32 Å². The zero-order valence-corrected chi connectivity index (χ0v) is 13.2. The molecule has 0 spiro atoms. The lowest BCUT2D eigenvalue weighted by Gasteiger charge is -2.23. The summed E-state index contributed by atoms with van der Waals surface area (Å²) >= 11 is 3.42. The van der Waals surface area contributed by atoms with Crippen LogP contribution in [-0.4, -0.2) is 23.4 Å². The summed E-state index contributed by atoms with van der Waals surface area (Å²) in [6.07, 6.45) is -0.535. The maximum absolute atomic E-state index is 11.7. The Morgan fingerprint density at radius 1 is 1.47 bits per heavy atom. The molecule has 0 aliphatic rings. The van der Waals surface area contributed by atoms with Crippen LogP contribution in [0.2, 0.25) is 0 Å². The number of aliphatic hydroxyl groups is 1. The van der Waals surface area contributed by atoms with Crippen molar-refractivity contribution < 1.29 is 14.6 Å². The smallest absolute Gasteiger partial charge is 0.408 e. The predicted octanol–water partition coefficient (Wildman–Crippen LogP) is 3.32. The Hall–Kier alpha value is -1.07. The molecule has 0 radical (unpaired) electrons. The van der Waals surface area contributed by atoms with Crippen LogP contribution in [0.5, 0.6) is 0 Å². The lowest BCUT2D eigenvalue weighted by atomic mass is 10.1. The van der Waals surface area contributed by atoms with E-state index in [-0.39, 0.29) is 6.61 Å². The molecule has 0 saturated heterocycles. The van der Waals surface area contributed by atoms with E-state index in [0.717, 1.165) is 15.6 Å². The molecular weight excluding hydrogens is 310 g/mol. The van der Waals surface area contributed by atoms with Crippen LogP contribution in [0.4, 0.5) is 4.79 Å². The van der Waals surface area contributed by atoms with Crippen molar-refractivity contribution in [3.63, 3.8) is 0 Å². The number of nitrogens with one attached hydrogen (secondary N) is 1. The molecule has 0 bridgehead atoms. The van der Waals surface area contributed by atoms with E-state index in [1.807, 2.05) is 25.1 Å². The van der Waals surface area contributed by atoms with Gasteiger partial charge in [0.1, 0.15) is 5.60 Å². The van der Waals surface area contributed by atoms with Crippen molar-refractivity contribution in [2.45, 2.75) is 39.3 Å². The monoisotopic (exact) mass is 329 g/mol. The normalized spacial score (nSPS) is 12.9. The average Bonchev–Trinajstić information content (AvgIpc) is 2.27. The molecule has 0 aliphatic heterocycles. The van der Waals surface area contributed by atoms with Crippen molar-refractivity contribution >= 4 is 22.0 Å². The number of benzene rings is 1. The molecule has 5 heteroatoms. The third-order valence-corrected chi connectivity index (χ3v) is 3.35. The van der Waals surface area contributed by atoms with Crippen LogP contribution in [0.15, 0.2) is 22.7 Å². The van der Waals surface area contributed by atoms with Crippen molar-refractivity contribution in [3.05, 3.63) is 33.8 Å². The van der Waals surface area contributed by atoms with E-state index in [1.54, 1.807) is 20.8 Å². The van der Waals surface area contributed by atoms with E-state index < -0.39 is 17.7 Å². The van der Waals surface area contributed by atoms with Crippen LogP contribution in [0.25, 0.3) is 0 Å².